The van der Waals surface area contributed by atoms with Gasteiger partial charge < -0.3 is 10.1 Å². The Labute approximate surface area is 110 Å². The van der Waals surface area contributed by atoms with Crippen molar-refractivity contribution in [1.29, 1.82) is 0 Å². The number of rotatable bonds is 2. The third-order valence-corrected chi connectivity index (χ3v) is 4.69. The van der Waals surface area contributed by atoms with E-state index in [9.17, 15) is 19.2 Å². The topological polar surface area (TPSA) is 92.8 Å². The predicted molar refractivity (Wildman–Crippen MR) is 62.5 cm³/mol. The third-order valence-electron chi connectivity index (χ3n) is 4.69. The maximum atomic E-state index is 12.4. The number of amides is 3. The minimum atomic E-state index is -1.75. The van der Waals surface area contributed by atoms with Crippen molar-refractivity contribution in [3.63, 3.8) is 0 Å². The predicted octanol–water partition coefficient (Wildman–Crippen LogP) is -1.08. The van der Waals surface area contributed by atoms with Crippen molar-refractivity contribution in [2.75, 3.05) is 21.2 Å². The number of fused-ring (bicyclic) bond motifs is 1. The molecule has 19 heavy (non-hydrogen) atoms. The Morgan fingerprint density at radius 1 is 1.16 bits per heavy atom. The minimum absolute atomic E-state index is 0.634. The Balaban J connectivity index is 2.75. The van der Waals surface area contributed by atoms with E-state index in [1.807, 2.05) is 0 Å². The zero-order chi connectivity index (χ0) is 14.8. The lowest BCUT2D eigenvalue weighted by Crippen LogP contribution is -2.43. The zero-order valence-corrected chi connectivity index (χ0v) is 11.5. The number of carbonyl (C=O) groups is 4. The lowest BCUT2D eigenvalue weighted by molar-refractivity contribution is -0.156. The van der Waals surface area contributed by atoms with Gasteiger partial charge in [-0.25, -0.2) is 0 Å². The van der Waals surface area contributed by atoms with E-state index < -0.39 is 39.9 Å². The number of methoxy groups -OCH3 is 1. The molecule has 1 heterocycles. The van der Waals surface area contributed by atoms with Crippen molar-refractivity contribution in [3.05, 3.63) is 0 Å². The average molecular weight is 268 g/mol. The van der Waals surface area contributed by atoms with Crippen LogP contribution in [0.2, 0.25) is 0 Å². The lowest BCUT2D eigenvalue weighted by Gasteiger charge is -2.21. The van der Waals surface area contributed by atoms with Crippen molar-refractivity contribution < 1.29 is 23.9 Å². The van der Waals surface area contributed by atoms with Gasteiger partial charge in [0.15, 0.2) is 10.8 Å². The van der Waals surface area contributed by atoms with Gasteiger partial charge in [-0.05, 0) is 0 Å². The van der Waals surface area contributed by atoms with Gasteiger partial charge >= 0.3 is 5.97 Å². The first-order valence-corrected chi connectivity index (χ1v) is 5.82. The number of hydrogen-bond acceptors (Lipinski definition) is 5. The molecule has 1 saturated heterocycles. The number of nitrogens with zero attached hydrogens (tertiary/aromatic N) is 1. The second kappa shape index (κ2) is 3.34. The zero-order valence-electron chi connectivity index (χ0n) is 11.5. The van der Waals surface area contributed by atoms with Crippen LogP contribution in [0.4, 0.5) is 0 Å². The third kappa shape index (κ3) is 0.913. The summed E-state index contributed by atoms with van der Waals surface area (Å²) in [6.45, 7) is 3.12. The molecule has 2 fully saturated rings. The first-order valence-electron chi connectivity index (χ1n) is 5.82. The number of piperidine rings is 1. The van der Waals surface area contributed by atoms with Gasteiger partial charge in [0, 0.05) is 19.5 Å². The van der Waals surface area contributed by atoms with Gasteiger partial charge in [0.25, 0.3) is 0 Å². The summed E-state index contributed by atoms with van der Waals surface area (Å²) in [5, 5.41) is 2.37. The highest BCUT2D eigenvalue weighted by atomic mass is 16.5. The van der Waals surface area contributed by atoms with Crippen LogP contribution < -0.4 is 5.32 Å². The maximum absolute atomic E-state index is 12.4. The molecular formula is C12H16N2O5. The summed E-state index contributed by atoms with van der Waals surface area (Å²) in [6.07, 6.45) is 0. The Kier molecular flexibility index (Phi) is 2.38. The number of ether oxygens (including phenoxy) is 1. The highest BCUT2D eigenvalue weighted by Crippen LogP contribution is 2.82. The summed E-state index contributed by atoms with van der Waals surface area (Å²) >= 11 is 0. The number of carbonyl (C=O) groups excluding carboxylic acids is 4. The summed E-state index contributed by atoms with van der Waals surface area (Å²) in [5.41, 5.74) is -4.55. The highest BCUT2D eigenvalue weighted by Gasteiger charge is 3.00. The van der Waals surface area contributed by atoms with Crippen LogP contribution in [0.1, 0.15) is 13.8 Å². The molecule has 1 aliphatic carbocycles. The van der Waals surface area contributed by atoms with E-state index in [1.54, 1.807) is 13.8 Å². The lowest BCUT2D eigenvalue weighted by atomic mass is 9.93. The van der Waals surface area contributed by atoms with Gasteiger partial charge in [0.2, 0.25) is 17.7 Å². The number of imide groups is 1. The molecule has 1 aliphatic heterocycles. The Hall–Kier alpha value is -1.92. The van der Waals surface area contributed by atoms with E-state index >= 15 is 0 Å². The van der Waals surface area contributed by atoms with E-state index in [0.717, 1.165) is 12.0 Å². The molecule has 0 aromatic carbocycles. The summed E-state index contributed by atoms with van der Waals surface area (Å²) in [4.78, 5) is 49.9. The summed E-state index contributed by atoms with van der Waals surface area (Å²) in [5.74, 6) is -2.82. The van der Waals surface area contributed by atoms with Crippen LogP contribution >= 0.6 is 0 Å². The van der Waals surface area contributed by atoms with Crippen LogP contribution in [-0.4, -0.2) is 49.8 Å². The van der Waals surface area contributed by atoms with Crippen molar-refractivity contribution in [3.8, 4) is 0 Å². The maximum Gasteiger partial charge on any atom is 0.323 e. The molecule has 1 saturated carbocycles. The number of nitrogens with one attached hydrogen (secondary N) is 1. The molecule has 0 radical (unpaired) electrons. The van der Waals surface area contributed by atoms with Crippen LogP contribution in [-0.2, 0) is 23.9 Å². The normalized spacial score (nSPS) is 34.9. The summed E-state index contributed by atoms with van der Waals surface area (Å²) in [6, 6.07) is 0. The van der Waals surface area contributed by atoms with Crippen molar-refractivity contribution in [1.82, 2.24) is 10.2 Å². The molecule has 0 bridgehead atoms. The van der Waals surface area contributed by atoms with E-state index in [4.69, 9.17) is 0 Å². The van der Waals surface area contributed by atoms with Gasteiger partial charge in [-0.3, -0.25) is 24.1 Å². The Morgan fingerprint density at radius 3 is 2.05 bits per heavy atom. The van der Waals surface area contributed by atoms with Gasteiger partial charge in [-0.2, -0.15) is 0 Å². The molecule has 7 nitrogen and oxygen atoms in total. The van der Waals surface area contributed by atoms with Crippen LogP contribution in [0.15, 0.2) is 0 Å². The largest absolute Gasteiger partial charge is 0.468 e. The molecule has 2 atom stereocenters. The van der Waals surface area contributed by atoms with Crippen molar-refractivity contribution in [2.45, 2.75) is 13.8 Å². The van der Waals surface area contributed by atoms with Crippen LogP contribution in [0.3, 0.4) is 0 Å². The Morgan fingerprint density at radius 2 is 1.63 bits per heavy atom. The molecule has 0 aromatic rings. The Bertz CT molecular complexity index is 482. The minimum Gasteiger partial charge on any atom is -0.468 e. The molecule has 7 heteroatoms. The SMILES string of the molecule is CNC(=O)C12C(=O)N(C)C(=O)C1(C(=O)OC)C2(C)C. The second-order valence-electron chi connectivity index (χ2n) is 5.37. The van der Waals surface area contributed by atoms with Gasteiger partial charge in [0.05, 0.1) is 7.11 Å². The first-order chi connectivity index (χ1) is 8.69. The summed E-state index contributed by atoms with van der Waals surface area (Å²) < 4.78 is 4.68. The van der Waals surface area contributed by atoms with E-state index in [1.165, 1.54) is 14.1 Å². The molecule has 2 unspecified atom stereocenters. The van der Waals surface area contributed by atoms with Crippen molar-refractivity contribution in [2.24, 2.45) is 16.2 Å². The fourth-order valence-corrected chi connectivity index (χ4v) is 3.71. The molecular weight excluding hydrogens is 252 g/mol. The number of likely N-dealkylation sites (tertiary alicyclic amines) is 1. The molecule has 1 N–H and O–H groups in total. The molecule has 3 amide bonds. The highest BCUT2D eigenvalue weighted by molar-refractivity contribution is 6.33. The smallest absolute Gasteiger partial charge is 0.323 e. The fourth-order valence-electron chi connectivity index (χ4n) is 3.71. The van der Waals surface area contributed by atoms with Gasteiger partial charge in [0.1, 0.15) is 0 Å². The number of hydrogen-bond donors (Lipinski definition) is 1. The second-order valence-corrected chi connectivity index (χ2v) is 5.37. The molecule has 104 valence electrons. The van der Waals surface area contributed by atoms with Gasteiger partial charge in [-0.15, -0.1) is 0 Å². The molecule has 2 rings (SSSR count). The summed E-state index contributed by atoms with van der Waals surface area (Å²) in [7, 11) is 3.77. The molecule has 2 aliphatic rings. The van der Waals surface area contributed by atoms with Crippen LogP contribution in [0.5, 0.6) is 0 Å². The van der Waals surface area contributed by atoms with Gasteiger partial charge in [-0.1, -0.05) is 13.8 Å². The monoisotopic (exact) mass is 268 g/mol. The van der Waals surface area contributed by atoms with Crippen molar-refractivity contribution >= 4 is 23.7 Å². The fraction of sp³-hybridized carbons (Fsp3) is 0.667. The van der Waals surface area contributed by atoms with E-state index in [0.29, 0.717) is 0 Å². The number of esters is 1. The van der Waals surface area contributed by atoms with E-state index in [2.05, 4.69) is 10.1 Å². The molecule has 0 spiro atoms. The average Bonchev–Trinajstić information content (AvgIpc) is 2.78. The van der Waals surface area contributed by atoms with Crippen LogP contribution in [0.25, 0.3) is 0 Å². The first kappa shape index (κ1) is 13.5. The standard InChI is InChI=1S/C12H16N2O5/c1-10(2)11(6(15)13-3)7(16)14(4)8(17)12(10,11)9(18)19-5/h1-5H3,(H,13,15). The van der Waals surface area contributed by atoms with Crippen LogP contribution in [0, 0.1) is 16.2 Å². The molecule has 0 aromatic heterocycles. The quantitative estimate of drug-likeness (QED) is 0.390. The van der Waals surface area contributed by atoms with E-state index in [-0.39, 0.29) is 0 Å².